The summed E-state index contributed by atoms with van der Waals surface area (Å²) in [7, 11) is -4.41. The molecule has 0 unspecified atom stereocenters. The van der Waals surface area contributed by atoms with Crippen LogP contribution in [0.3, 0.4) is 0 Å². The van der Waals surface area contributed by atoms with Gasteiger partial charge < -0.3 is 5.73 Å². The van der Waals surface area contributed by atoms with Crippen LogP contribution in [0.5, 0.6) is 0 Å². The third kappa shape index (κ3) is 3.32. The third-order valence-corrected chi connectivity index (χ3v) is 4.64. The number of halogens is 1. The third-order valence-electron chi connectivity index (χ3n) is 3.67. The summed E-state index contributed by atoms with van der Waals surface area (Å²) in [6.07, 6.45) is 0. The van der Waals surface area contributed by atoms with Crippen molar-refractivity contribution in [3.8, 4) is 11.1 Å². The molecule has 24 heavy (non-hydrogen) atoms. The van der Waals surface area contributed by atoms with Crippen molar-refractivity contribution < 1.29 is 17.6 Å². The molecule has 1 amide bonds. The van der Waals surface area contributed by atoms with Crippen LogP contribution in [-0.2, 0) is 15.4 Å². The molecule has 0 heterocycles. The van der Waals surface area contributed by atoms with Gasteiger partial charge >= 0.3 is 0 Å². The first-order valence-electron chi connectivity index (χ1n) is 7.19. The molecule has 128 valence electrons. The summed E-state index contributed by atoms with van der Waals surface area (Å²) in [5.74, 6) is -2.29. The number of rotatable bonds is 3. The maximum Gasteiger partial charge on any atom is 0.251 e. The van der Waals surface area contributed by atoms with E-state index in [0.717, 1.165) is 5.56 Å². The fourth-order valence-electron chi connectivity index (χ4n) is 2.61. The molecule has 0 aromatic heterocycles. The van der Waals surface area contributed by atoms with E-state index in [2.05, 4.69) is 0 Å². The summed E-state index contributed by atoms with van der Waals surface area (Å²) < 4.78 is 38.6. The standard InChI is InChI=1S/C17H19FN2O3S/c1-17(2,3)13-7-5-4-6-10(13)11-8-9-12(16(19)21)14(18)15(11)24(20,22)23/h4-9H,1-3H3,(H2,19,21)(H2,20,22,23). The van der Waals surface area contributed by atoms with Crippen LogP contribution in [0.15, 0.2) is 41.3 Å². The van der Waals surface area contributed by atoms with Crippen LogP contribution in [0.1, 0.15) is 36.7 Å². The van der Waals surface area contributed by atoms with Crippen LogP contribution in [-0.4, -0.2) is 14.3 Å². The van der Waals surface area contributed by atoms with Crippen LogP contribution in [0.2, 0.25) is 0 Å². The lowest BCUT2D eigenvalue weighted by Gasteiger charge is -2.24. The number of primary amides is 1. The highest BCUT2D eigenvalue weighted by atomic mass is 32.2. The van der Waals surface area contributed by atoms with Crippen LogP contribution in [0, 0.1) is 5.82 Å². The van der Waals surface area contributed by atoms with Crippen molar-refractivity contribution >= 4 is 15.9 Å². The highest BCUT2D eigenvalue weighted by molar-refractivity contribution is 7.89. The second-order valence-electron chi connectivity index (χ2n) is 6.51. The van der Waals surface area contributed by atoms with E-state index in [1.807, 2.05) is 32.9 Å². The minimum Gasteiger partial charge on any atom is -0.366 e. The van der Waals surface area contributed by atoms with Gasteiger partial charge in [-0.05, 0) is 22.6 Å². The zero-order valence-corrected chi connectivity index (χ0v) is 14.4. The van der Waals surface area contributed by atoms with Gasteiger partial charge in [-0.3, -0.25) is 4.79 Å². The average Bonchev–Trinajstić information content (AvgIpc) is 2.44. The Balaban J connectivity index is 2.93. The predicted molar refractivity (Wildman–Crippen MR) is 90.4 cm³/mol. The molecule has 4 N–H and O–H groups in total. The van der Waals surface area contributed by atoms with Gasteiger partial charge in [0.25, 0.3) is 5.91 Å². The Morgan fingerprint density at radius 3 is 2.12 bits per heavy atom. The lowest BCUT2D eigenvalue weighted by molar-refractivity contribution is 0.0996. The number of hydrogen-bond donors (Lipinski definition) is 2. The van der Waals surface area contributed by atoms with E-state index in [4.69, 9.17) is 10.9 Å². The van der Waals surface area contributed by atoms with Crippen LogP contribution < -0.4 is 10.9 Å². The van der Waals surface area contributed by atoms with Crippen molar-refractivity contribution in [1.82, 2.24) is 0 Å². The Kier molecular flexibility index (Phi) is 4.52. The Morgan fingerprint density at radius 1 is 1.04 bits per heavy atom. The summed E-state index contributed by atoms with van der Waals surface area (Å²) >= 11 is 0. The van der Waals surface area contributed by atoms with Gasteiger partial charge in [0.15, 0.2) is 5.82 Å². The van der Waals surface area contributed by atoms with E-state index in [-0.39, 0.29) is 11.0 Å². The van der Waals surface area contributed by atoms with E-state index in [0.29, 0.717) is 5.56 Å². The van der Waals surface area contributed by atoms with E-state index in [1.165, 1.54) is 12.1 Å². The summed E-state index contributed by atoms with van der Waals surface area (Å²) in [4.78, 5) is 10.6. The topological polar surface area (TPSA) is 103 Å². The molecule has 0 atom stereocenters. The largest absolute Gasteiger partial charge is 0.366 e. The van der Waals surface area contributed by atoms with E-state index < -0.39 is 32.2 Å². The first-order chi connectivity index (χ1) is 10.9. The summed E-state index contributed by atoms with van der Waals surface area (Å²) in [5, 5.41) is 5.20. The average molecular weight is 350 g/mol. The molecule has 0 spiro atoms. The molecule has 7 heteroatoms. The molecule has 0 bridgehead atoms. The lowest BCUT2D eigenvalue weighted by atomic mass is 9.82. The van der Waals surface area contributed by atoms with Gasteiger partial charge in [0.05, 0.1) is 5.56 Å². The van der Waals surface area contributed by atoms with Crippen molar-refractivity contribution in [2.24, 2.45) is 10.9 Å². The minimum absolute atomic E-state index is 0.102. The molecule has 5 nitrogen and oxygen atoms in total. The molecular weight excluding hydrogens is 331 g/mol. The second kappa shape index (κ2) is 5.99. The molecule has 0 radical (unpaired) electrons. The fourth-order valence-corrected chi connectivity index (χ4v) is 3.45. The molecular formula is C17H19FN2O3S. The molecule has 0 saturated heterocycles. The number of carbonyl (C=O) groups is 1. The minimum atomic E-state index is -4.41. The number of benzene rings is 2. The Labute approximate surface area is 140 Å². The van der Waals surface area contributed by atoms with Gasteiger partial charge in [-0.2, -0.15) is 0 Å². The molecule has 2 rings (SSSR count). The van der Waals surface area contributed by atoms with Crippen LogP contribution in [0.25, 0.3) is 11.1 Å². The number of amides is 1. The first kappa shape index (κ1) is 18.1. The SMILES string of the molecule is CC(C)(C)c1ccccc1-c1ccc(C(N)=O)c(F)c1S(N)(=O)=O. The van der Waals surface area contributed by atoms with Crippen molar-refractivity contribution in [3.05, 3.63) is 53.3 Å². The molecule has 2 aromatic carbocycles. The summed E-state index contributed by atoms with van der Waals surface area (Å²) in [6.45, 7) is 5.86. The molecule has 0 aliphatic carbocycles. The van der Waals surface area contributed by atoms with Gasteiger partial charge in [-0.1, -0.05) is 51.1 Å². The van der Waals surface area contributed by atoms with Crippen LogP contribution >= 0.6 is 0 Å². The predicted octanol–water partition coefficient (Wildman–Crippen LogP) is 2.54. The second-order valence-corrected chi connectivity index (χ2v) is 8.01. The number of hydrogen-bond acceptors (Lipinski definition) is 3. The van der Waals surface area contributed by atoms with E-state index in [9.17, 15) is 17.6 Å². The lowest BCUT2D eigenvalue weighted by Crippen LogP contribution is -2.21. The highest BCUT2D eigenvalue weighted by Crippen LogP contribution is 2.37. The number of nitrogens with two attached hydrogens (primary N) is 2. The Morgan fingerprint density at radius 2 is 1.62 bits per heavy atom. The number of carbonyl (C=O) groups excluding carboxylic acids is 1. The van der Waals surface area contributed by atoms with Gasteiger partial charge in [0.2, 0.25) is 10.0 Å². The van der Waals surface area contributed by atoms with Gasteiger partial charge in [0, 0.05) is 5.56 Å². The first-order valence-corrected chi connectivity index (χ1v) is 8.74. The molecule has 0 saturated carbocycles. The fraction of sp³-hybridized carbons (Fsp3) is 0.235. The number of sulfonamides is 1. The van der Waals surface area contributed by atoms with E-state index in [1.54, 1.807) is 12.1 Å². The number of primary sulfonamides is 1. The normalized spacial score (nSPS) is 12.2. The maximum atomic E-state index is 14.6. The zero-order chi connectivity index (χ0) is 18.3. The molecule has 0 fully saturated rings. The van der Waals surface area contributed by atoms with Crippen LogP contribution in [0.4, 0.5) is 4.39 Å². The highest BCUT2D eigenvalue weighted by Gasteiger charge is 2.28. The smallest absolute Gasteiger partial charge is 0.251 e. The summed E-state index contributed by atoms with van der Waals surface area (Å²) in [5.41, 5.74) is 5.72. The summed E-state index contributed by atoms with van der Waals surface area (Å²) in [6, 6.07) is 9.58. The molecule has 2 aromatic rings. The maximum absolute atomic E-state index is 14.6. The van der Waals surface area contributed by atoms with Gasteiger partial charge in [0.1, 0.15) is 4.90 Å². The zero-order valence-electron chi connectivity index (χ0n) is 13.6. The Bertz CT molecular complexity index is 916. The molecule has 0 aliphatic rings. The van der Waals surface area contributed by atoms with Crippen molar-refractivity contribution in [1.29, 1.82) is 0 Å². The molecule has 0 aliphatic heterocycles. The monoisotopic (exact) mass is 350 g/mol. The van der Waals surface area contributed by atoms with Gasteiger partial charge in [-0.15, -0.1) is 0 Å². The Hall–Kier alpha value is -2.25. The van der Waals surface area contributed by atoms with Crippen molar-refractivity contribution in [2.75, 3.05) is 0 Å². The van der Waals surface area contributed by atoms with E-state index >= 15 is 0 Å². The van der Waals surface area contributed by atoms with Crippen molar-refractivity contribution in [3.63, 3.8) is 0 Å². The quantitative estimate of drug-likeness (QED) is 0.889. The van der Waals surface area contributed by atoms with Crippen molar-refractivity contribution in [2.45, 2.75) is 31.1 Å². The van der Waals surface area contributed by atoms with Gasteiger partial charge in [-0.25, -0.2) is 17.9 Å².